The van der Waals surface area contributed by atoms with Crippen molar-refractivity contribution in [3.05, 3.63) is 47.5 Å². The number of rotatable bonds is 8. The highest BCUT2D eigenvalue weighted by Crippen LogP contribution is 2.34. The average molecular weight is 336 g/mol. The summed E-state index contributed by atoms with van der Waals surface area (Å²) in [6.45, 7) is 6.36. The first-order valence-corrected chi connectivity index (χ1v) is 8.58. The summed E-state index contributed by atoms with van der Waals surface area (Å²) in [7, 11) is 0. The Labute approximate surface area is 143 Å². The van der Waals surface area contributed by atoms with E-state index in [-0.39, 0.29) is 11.5 Å². The molecule has 0 spiro atoms. The van der Waals surface area contributed by atoms with E-state index in [1.54, 1.807) is 11.0 Å². The minimum absolute atomic E-state index is 0.0558. The summed E-state index contributed by atoms with van der Waals surface area (Å²) in [5.74, 6) is 0. The lowest BCUT2D eigenvalue weighted by Gasteiger charge is -2.36. The summed E-state index contributed by atoms with van der Waals surface area (Å²) in [6, 6.07) is 7.77. The molecule has 0 amide bonds. The van der Waals surface area contributed by atoms with Gasteiger partial charge in [0.25, 0.3) is 0 Å². The zero-order chi connectivity index (χ0) is 16.9. The number of aromatic nitrogens is 3. The van der Waals surface area contributed by atoms with E-state index in [1.165, 1.54) is 11.9 Å². The van der Waals surface area contributed by atoms with Crippen molar-refractivity contribution in [2.75, 3.05) is 0 Å². The van der Waals surface area contributed by atoms with Crippen LogP contribution in [0.5, 0.6) is 0 Å². The van der Waals surface area contributed by atoms with E-state index in [4.69, 9.17) is 11.6 Å². The lowest BCUT2D eigenvalue weighted by atomic mass is 9.76. The minimum atomic E-state index is -0.508. The maximum Gasteiger partial charge on any atom is 0.137 e. The van der Waals surface area contributed by atoms with Gasteiger partial charge in [-0.15, -0.1) is 0 Å². The summed E-state index contributed by atoms with van der Waals surface area (Å²) in [5.41, 5.74) is 0.893. The molecule has 1 N–H and O–H groups in total. The normalized spacial score (nSPS) is 14.7. The number of halogens is 1. The molecule has 2 unspecified atom stereocenters. The van der Waals surface area contributed by atoms with E-state index in [1.807, 2.05) is 24.3 Å². The molecule has 2 rings (SSSR count). The van der Waals surface area contributed by atoms with Crippen molar-refractivity contribution in [1.82, 2.24) is 14.8 Å². The van der Waals surface area contributed by atoms with Gasteiger partial charge in [0.1, 0.15) is 12.7 Å². The Balaban J connectivity index is 2.15. The van der Waals surface area contributed by atoms with Crippen LogP contribution in [0.25, 0.3) is 0 Å². The Hall–Kier alpha value is -1.39. The zero-order valence-corrected chi connectivity index (χ0v) is 14.9. The summed E-state index contributed by atoms with van der Waals surface area (Å²) in [6.07, 6.45) is 6.54. The molecule has 2 atom stereocenters. The fourth-order valence-electron chi connectivity index (χ4n) is 2.99. The summed E-state index contributed by atoms with van der Waals surface area (Å²) in [4.78, 5) is 4.04. The van der Waals surface area contributed by atoms with E-state index < -0.39 is 6.10 Å². The van der Waals surface area contributed by atoms with Crippen LogP contribution in [0.3, 0.4) is 0 Å². The summed E-state index contributed by atoms with van der Waals surface area (Å²) in [5, 5.41) is 16.0. The molecule has 126 valence electrons. The molecule has 0 radical (unpaired) electrons. The molecule has 4 nitrogen and oxygen atoms in total. The van der Waals surface area contributed by atoms with Gasteiger partial charge in [-0.2, -0.15) is 5.10 Å². The maximum absolute atomic E-state index is 11.0. The van der Waals surface area contributed by atoms with Crippen LogP contribution in [0.2, 0.25) is 5.02 Å². The first kappa shape index (κ1) is 18.0. The second kappa shape index (κ2) is 7.93. The van der Waals surface area contributed by atoms with Crippen molar-refractivity contribution in [2.24, 2.45) is 5.41 Å². The second-order valence-corrected chi connectivity index (χ2v) is 7.26. The number of aliphatic hydroxyl groups is 1. The topological polar surface area (TPSA) is 50.9 Å². The Bertz CT molecular complexity index is 581. The third-order valence-corrected chi connectivity index (χ3v) is 4.62. The van der Waals surface area contributed by atoms with Crippen molar-refractivity contribution < 1.29 is 5.11 Å². The van der Waals surface area contributed by atoms with Crippen molar-refractivity contribution in [1.29, 1.82) is 0 Å². The third-order valence-electron chi connectivity index (χ3n) is 4.37. The Morgan fingerprint density at radius 3 is 2.52 bits per heavy atom. The molecule has 1 heterocycles. The fourth-order valence-corrected chi connectivity index (χ4v) is 3.12. The van der Waals surface area contributed by atoms with Crippen LogP contribution in [-0.4, -0.2) is 26.0 Å². The molecule has 1 aromatic carbocycles. The largest absolute Gasteiger partial charge is 0.390 e. The molecule has 0 aliphatic rings. The van der Waals surface area contributed by atoms with Gasteiger partial charge in [-0.05, 0) is 36.0 Å². The van der Waals surface area contributed by atoms with E-state index in [0.29, 0.717) is 0 Å². The highest BCUT2D eigenvalue weighted by Gasteiger charge is 2.35. The highest BCUT2D eigenvalue weighted by molar-refractivity contribution is 6.30. The minimum Gasteiger partial charge on any atom is -0.390 e. The predicted octanol–water partition coefficient (Wildman–Crippen LogP) is 4.29. The van der Waals surface area contributed by atoms with Gasteiger partial charge in [0.05, 0.1) is 12.1 Å². The van der Waals surface area contributed by atoms with Gasteiger partial charge in [-0.25, -0.2) is 9.67 Å². The van der Waals surface area contributed by atoms with Gasteiger partial charge in [-0.1, -0.05) is 57.3 Å². The van der Waals surface area contributed by atoms with Crippen molar-refractivity contribution >= 4 is 11.6 Å². The van der Waals surface area contributed by atoms with E-state index in [9.17, 15) is 5.11 Å². The second-order valence-electron chi connectivity index (χ2n) is 6.82. The smallest absolute Gasteiger partial charge is 0.137 e. The lowest BCUT2D eigenvalue weighted by Crippen LogP contribution is -2.39. The van der Waals surface area contributed by atoms with Crippen LogP contribution >= 0.6 is 11.6 Å². The first-order chi connectivity index (χ1) is 10.9. The lowest BCUT2D eigenvalue weighted by molar-refractivity contribution is -0.00140. The van der Waals surface area contributed by atoms with Crippen LogP contribution in [0.1, 0.15) is 51.6 Å². The molecule has 0 fully saturated rings. The number of unbranched alkanes of at least 4 members (excludes halogenated alkanes) is 1. The van der Waals surface area contributed by atoms with Crippen molar-refractivity contribution in [2.45, 2.75) is 58.6 Å². The number of hydrogen-bond donors (Lipinski definition) is 1. The van der Waals surface area contributed by atoms with Gasteiger partial charge in [-0.3, -0.25) is 0 Å². The number of nitrogens with zero attached hydrogens (tertiary/aromatic N) is 3. The molecule has 0 aliphatic heterocycles. The molecular weight excluding hydrogens is 310 g/mol. The van der Waals surface area contributed by atoms with Crippen LogP contribution in [0.15, 0.2) is 36.9 Å². The van der Waals surface area contributed by atoms with Crippen molar-refractivity contribution in [3.8, 4) is 0 Å². The summed E-state index contributed by atoms with van der Waals surface area (Å²) < 4.78 is 1.80. The number of benzene rings is 1. The molecule has 23 heavy (non-hydrogen) atoms. The molecule has 2 aromatic rings. The Morgan fingerprint density at radius 2 is 1.96 bits per heavy atom. The van der Waals surface area contributed by atoms with Gasteiger partial charge >= 0.3 is 0 Å². The highest BCUT2D eigenvalue weighted by atomic mass is 35.5. The number of aliphatic hydroxyl groups excluding tert-OH is 1. The molecule has 5 heteroatoms. The first-order valence-electron chi connectivity index (χ1n) is 8.20. The van der Waals surface area contributed by atoms with E-state index in [0.717, 1.165) is 30.7 Å². The van der Waals surface area contributed by atoms with Gasteiger partial charge in [0, 0.05) is 5.02 Å². The van der Waals surface area contributed by atoms with Crippen LogP contribution in [-0.2, 0) is 6.42 Å². The van der Waals surface area contributed by atoms with Crippen molar-refractivity contribution in [3.63, 3.8) is 0 Å². The van der Waals surface area contributed by atoms with Crippen LogP contribution < -0.4 is 0 Å². The quantitative estimate of drug-likeness (QED) is 0.782. The molecule has 0 aliphatic carbocycles. The standard InChI is InChI=1S/C18H26ClN3O/c1-4-5-6-16(22-13-20-12-21-22)17(23)18(2,3)11-14-7-9-15(19)10-8-14/h7-10,12-13,16-17,23H,4-6,11H2,1-3H3. The molecule has 0 bridgehead atoms. The molecule has 1 aromatic heterocycles. The number of hydrogen-bond acceptors (Lipinski definition) is 3. The summed E-state index contributed by atoms with van der Waals surface area (Å²) >= 11 is 5.95. The Morgan fingerprint density at radius 1 is 1.26 bits per heavy atom. The van der Waals surface area contributed by atoms with E-state index in [2.05, 4.69) is 30.9 Å². The van der Waals surface area contributed by atoms with E-state index >= 15 is 0 Å². The fraction of sp³-hybridized carbons (Fsp3) is 0.556. The Kier molecular flexibility index (Phi) is 6.19. The van der Waals surface area contributed by atoms with Gasteiger partial charge in [0.15, 0.2) is 0 Å². The zero-order valence-electron chi connectivity index (χ0n) is 14.1. The molecular formula is C18H26ClN3O. The predicted molar refractivity (Wildman–Crippen MR) is 93.5 cm³/mol. The molecule has 0 saturated carbocycles. The maximum atomic E-state index is 11.0. The van der Waals surface area contributed by atoms with Gasteiger partial charge in [0.2, 0.25) is 0 Å². The van der Waals surface area contributed by atoms with Crippen LogP contribution in [0, 0.1) is 5.41 Å². The van der Waals surface area contributed by atoms with Gasteiger partial charge < -0.3 is 5.11 Å². The molecule has 0 saturated heterocycles. The van der Waals surface area contributed by atoms with Crippen LogP contribution in [0.4, 0.5) is 0 Å². The monoisotopic (exact) mass is 335 g/mol. The third kappa shape index (κ3) is 4.79. The SMILES string of the molecule is CCCCC(C(O)C(C)(C)Cc1ccc(Cl)cc1)n1cncn1. The average Bonchev–Trinajstić information content (AvgIpc) is 3.04.